The Morgan fingerprint density at radius 3 is 1.44 bits per heavy atom. The molecule has 0 aromatic heterocycles. The number of unbranched alkanes of at least 4 members (excludes halogenated alkanes) is 3. The SMILES string of the molecule is COc1ccccc1C#C/C=C\C#CCCCCC#C/C=C\C#Cc1ccccc1OC. The highest BCUT2D eigenvalue weighted by Crippen LogP contribution is 2.16. The van der Waals surface area contributed by atoms with Crippen molar-refractivity contribution in [2.45, 2.75) is 25.7 Å². The van der Waals surface area contributed by atoms with E-state index in [1.807, 2.05) is 48.5 Å². The second-order valence-corrected chi connectivity index (χ2v) is 6.46. The van der Waals surface area contributed by atoms with Crippen LogP contribution < -0.4 is 9.47 Å². The van der Waals surface area contributed by atoms with E-state index in [-0.39, 0.29) is 0 Å². The second kappa shape index (κ2) is 15.6. The van der Waals surface area contributed by atoms with Gasteiger partial charge in [0.1, 0.15) is 11.5 Å². The molecule has 0 aliphatic heterocycles. The van der Waals surface area contributed by atoms with Crippen molar-refractivity contribution in [3.05, 3.63) is 84.0 Å². The van der Waals surface area contributed by atoms with Crippen LogP contribution in [0.4, 0.5) is 0 Å². The third-order valence-corrected chi connectivity index (χ3v) is 4.19. The van der Waals surface area contributed by atoms with E-state index < -0.39 is 0 Å². The Labute approximate surface area is 192 Å². The van der Waals surface area contributed by atoms with Crippen LogP contribution in [0.1, 0.15) is 36.8 Å². The molecule has 0 N–H and O–H groups in total. The van der Waals surface area contributed by atoms with Crippen molar-refractivity contribution in [1.82, 2.24) is 0 Å². The molecule has 158 valence electrons. The van der Waals surface area contributed by atoms with Crippen LogP contribution in [0.25, 0.3) is 0 Å². The fourth-order valence-corrected chi connectivity index (χ4v) is 2.59. The second-order valence-electron chi connectivity index (χ2n) is 6.46. The predicted octanol–water partition coefficient (Wildman–Crippen LogP) is 5.79. The van der Waals surface area contributed by atoms with Crippen LogP contribution in [0, 0.1) is 47.4 Å². The summed E-state index contributed by atoms with van der Waals surface area (Å²) in [7, 11) is 3.29. The van der Waals surface area contributed by atoms with Crippen LogP contribution in [0.5, 0.6) is 11.5 Å². The quantitative estimate of drug-likeness (QED) is 0.452. The molecule has 2 nitrogen and oxygen atoms in total. The smallest absolute Gasteiger partial charge is 0.134 e. The molecule has 0 radical (unpaired) electrons. The lowest BCUT2D eigenvalue weighted by atomic mass is 10.2. The lowest BCUT2D eigenvalue weighted by molar-refractivity contribution is 0.413. The van der Waals surface area contributed by atoms with Gasteiger partial charge in [-0.3, -0.25) is 0 Å². The fraction of sp³-hybridized carbons (Fsp3) is 0.200. The summed E-state index contributed by atoms with van der Waals surface area (Å²) in [6.45, 7) is 0. The molecule has 0 fully saturated rings. The number of rotatable bonds is 5. The average Bonchev–Trinajstić information content (AvgIpc) is 2.84. The maximum Gasteiger partial charge on any atom is 0.134 e. The van der Waals surface area contributed by atoms with Crippen LogP contribution in [0.15, 0.2) is 72.8 Å². The average molecular weight is 419 g/mol. The van der Waals surface area contributed by atoms with Gasteiger partial charge in [0, 0.05) is 12.8 Å². The van der Waals surface area contributed by atoms with Crippen molar-refractivity contribution in [3.63, 3.8) is 0 Å². The molecule has 0 unspecified atom stereocenters. The van der Waals surface area contributed by atoms with Gasteiger partial charge in [0.15, 0.2) is 0 Å². The van der Waals surface area contributed by atoms with E-state index in [1.54, 1.807) is 38.5 Å². The van der Waals surface area contributed by atoms with E-state index in [9.17, 15) is 0 Å². The van der Waals surface area contributed by atoms with Gasteiger partial charge < -0.3 is 9.47 Å². The topological polar surface area (TPSA) is 18.5 Å². The van der Waals surface area contributed by atoms with Gasteiger partial charge in [0.05, 0.1) is 25.3 Å². The molecular weight excluding hydrogens is 392 g/mol. The Balaban J connectivity index is 1.62. The molecule has 32 heavy (non-hydrogen) atoms. The standard InChI is InChI=1S/C30H26O2/c1-31-29-25-19-17-23-27(29)21-15-13-11-9-7-5-3-4-6-8-10-12-14-16-22-28-24-18-20-26-30(28)32-2/h11-14,17-20,23-26H,3-6H2,1-2H3/b13-11-,14-12-. The molecular formula is C30H26O2. The first-order valence-electron chi connectivity index (χ1n) is 10.4. The van der Waals surface area contributed by atoms with Gasteiger partial charge in [-0.25, -0.2) is 0 Å². The largest absolute Gasteiger partial charge is 0.495 e. The van der Waals surface area contributed by atoms with Crippen LogP contribution in [0.3, 0.4) is 0 Å². The van der Waals surface area contributed by atoms with Gasteiger partial charge in [-0.2, -0.15) is 0 Å². The lowest BCUT2D eigenvalue weighted by Gasteiger charge is -2.00. The van der Waals surface area contributed by atoms with Gasteiger partial charge in [0.2, 0.25) is 0 Å². The third-order valence-electron chi connectivity index (χ3n) is 4.19. The Kier molecular flexibility index (Phi) is 11.7. The summed E-state index contributed by atoms with van der Waals surface area (Å²) < 4.78 is 10.5. The van der Waals surface area contributed by atoms with Crippen LogP contribution in [-0.2, 0) is 0 Å². The maximum atomic E-state index is 5.27. The summed E-state index contributed by atoms with van der Waals surface area (Å²) in [5.74, 6) is 25.9. The molecule has 0 spiro atoms. The number of para-hydroxylation sites is 2. The summed E-state index contributed by atoms with van der Waals surface area (Å²) in [5.41, 5.74) is 1.74. The van der Waals surface area contributed by atoms with E-state index in [4.69, 9.17) is 9.47 Å². The molecule has 0 aliphatic carbocycles. The van der Waals surface area contributed by atoms with E-state index >= 15 is 0 Å². The molecule has 2 aromatic carbocycles. The first-order chi connectivity index (χ1) is 15.8. The van der Waals surface area contributed by atoms with Crippen LogP contribution >= 0.6 is 0 Å². The number of ether oxygens (including phenoxy) is 2. The summed E-state index contributed by atoms with van der Waals surface area (Å²) in [6, 6.07) is 15.4. The minimum Gasteiger partial charge on any atom is -0.495 e. The maximum absolute atomic E-state index is 5.27. The van der Waals surface area contributed by atoms with E-state index in [1.165, 1.54) is 0 Å². The van der Waals surface area contributed by atoms with Crippen LogP contribution in [0.2, 0.25) is 0 Å². The zero-order valence-electron chi connectivity index (χ0n) is 18.6. The lowest BCUT2D eigenvalue weighted by Crippen LogP contribution is -1.85. The summed E-state index contributed by atoms with van der Waals surface area (Å²) in [6.07, 6.45) is 10.8. The van der Waals surface area contributed by atoms with E-state index in [2.05, 4.69) is 47.4 Å². The Morgan fingerprint density at radius 2 is 1.00 bits per heavy atom. The third kappa shape index (κ3) is 9.51. The van der Waals surface area contributed by atoms with Crippen molar-refractivity contribution < 1.29 is 9.47 Å². The van der Waals surface area contributed by atoms with E-state index in [0.717, 1.165) is 48.3 Å². The minimum atomic E-state index is 0.777. The normalized spacial score (nSPS) is 9.44. The molecule has 0 amide bonds. The number of allylic oxidation sites excluding steroid dienone is 4. The highest BCUT2D eigenvalue weighted by atomic mass is 16.5. The zero-order chi connectivity index (χ0) is 22.7. The highest BCUT2D eigenvalue weighted by molar-refractivity contribution is 5.48. The van der Waals surface area contributed by atoms with Crippen molar-refractivity contribution in [1.29, 1.82) is 0 Å². The Morgan fingerprint density at radius 1 is 0.594 bits per heavy atom. The summed E-state index contributed by atoms with van der Waals surface area (Å²) in [4.78, 5) is 0. The van der Waals surface area contributed by atoms with Gasteiger partial charge >= 0.3 is 0 Å². The van der Waals surface area contributed by atoms with Gasteiger partial charge in [-0.05, 0) is 61.4 Å². The molecule has 0 saturated carbocycles. The molecule has 0 heterocycles. The van der Waals surface area contributed by atoms with Gasteiger partial charge in [-0.1, -0.05) is 71.6 Å². The Bertz CT molecular complexity index is 1070. The van der Waals surface area contributed by atoms with Crippen molar-refractivity contribution in [2.24, 2.45) is 0 Å². The zero-order valence-corrected chi connectivity index (χ0v) is 18.6. The van der Waals surface area contributed by atoms with Crippen LogP contribution in [-0.4, -0.2) is 14.2 Å². The van der Waals surface area contributed by atoms with Crippen molar-refractivity contribution >= 4 is 0 Å². The molecule has 2 heteroatoms. The summed E-state index contributed by atoms with van der Waals surface area (Å²) >= 11 is 0. The van der Waals surface area contributed by atoms with Gasteiger partial charge in [0.25, 0.3) is 0 Å². The predicted molar refractivity (Wildman–Crippen MR) is 132 cm³/mol. The van der Waals surface area contributed by atoms with E-state index in [0.29, 0.717) is 0 Å². The highest BCUT2D eigenvalue weighted by Gasteiger charge is 1.96. The molecule has 0 saturated heterocycles. The Hall–Kier alpha value is -4.24. The number of methoxy groups -OCH3 is 2. The minimum absolute atomic E-state index is 0.777. The molecule has 0 aliphatic rings. The molecule has 0 bridgehead atoms. The van der Waals surface area contributed by atoms with Crippen molar-refractivity contribution in [2.75, 3.05) is 14.2 Å². The monoisotopic (exact) mass is 418 g/mol. The molecule has 2 rings (SSSR count). The molecule has 0 atom stereocenters. The number of hydrogen-bond acceptors (Lipinski definition) is 2. The number of benzene rings is 2. The summed E-state index contributed by atoms with van der Waals surface area (Å²) in [5, 5.41) is 0. The molecule has 2 aromatic rings. The first kappa shape index (κ1) is 24.0. The fourth-order valence-electron chi connectivity index (χ4n) is 2.59. The van der Waals surface area contributed by atoms with Gasteiger partial charge in [-0.15, -0.1) is 0 Å². The first-order valence-corrected chi connectivity index (χ1v) is 10.4. The number of hydrogen-bond donors (Lipinski definition) is 0. The van der Waals surface area contributed by atoms with Crippen molar-refractivity contribution in [3.8, 4) is 58.9 Å².